The zero-order valence-corrected chi connectivity index (χ0v) is 17.2. The van der Waals surface area contributed by atoms with Crippen molar-refractivity contribution in [3.8, 4) is 6.07 Å². The molecule has 1 saturated carbocycles. The van der Waals surface area contributed by atoms with Gasteiger partial charge in [0.25, 0.3) is 0 Å². The van der Waals surface area contributed by atoms with Gasteiger partial charge in [0.1, 0.15) is 11.9 Å². The predicted octanol–water partition coefficient (Wildman–Crippen LogP) is 5.06. The summed E-state index contributed by atoms with van der Waals surface area (Å²) < 4.78 is 6.35. The van der Waals surface area contributed by atoms with E-state index in [1.165, 1.54) is 44.9 Å². The molecule has 3 atom stereocenters. The first-order chi connectivity index (χ1) is 13.1. The number of nitriles is 1. The van der Waals surface area contributed by atoms with Gasteiger partial charge in [-0.05, 0) is 66.8 Å². The molecule has 3 aliphatic rings. The second-order valence-corrected chi connectivity index (χ2v) is 9.32. The van der Waals surface area contributed by atoms with Crippen molar-refractivity contribution in [3.05, 3.63) is 22.5 Å². The highest BCUT2D eigenvalue weighted by atomic mass is 79.9. The second-order valence-electron chi connectivity index (χ2n) is 8.53. The van der Waals surface area contributed by atoms with E-state index in [-0.39, 0.29) is 0 Å². The molecule has 0 amide bonds. The van der Waals surface area contributed by atoms with Crippen LogP contribution in [0.4, 0.5) is 5.82 Å². The number of nitrogens with zero attached hydrogens (tertiary/aromatic N) is 3. The number of aromatic nitrogens is 1. The van der Waals surface area contributed by atoms with Crippen molar-refractivity contribution in [2.45, 2.75) is 76.0 Å². The molecule has 5 rings (SSSR count). The van der Waals surface area contributed by atoms with Crippen LogP contribution in [0.5, 0.6) is 0 Å². The van der Waals surface area contributed by atoms with Crippen molar-refractivity contribution < 1.29 is 4.42 Å². The quantitative estimate of drug-likeness (QED) is 0.739. The minimum Gasteiger partial charge on any atom is -0.444 e. The lowest BCUT2D eigenvalue weighted by atomic mass is 9.89. The van der Waals surface area contributed by atoms with E-state index < -0.39 is 0 Å². The first kappa shape index (κ1) is 17.5. The van der Waals surface area contributed by atoms with Crippen LogP contribution in [0.25, 0.3) is 11.0 Å². The average molecular weight is 429 g/mol. The third-order valence-corrected chi connectivity index (χ3v) is 7.79. The molecule has 2 saturated heterocycles. The number of hydrogen-bond acceptors (Lipinski definition) is 5. The van der Waals surface area contributed by atoms with Gasteiger partial charge in [0.15, 0.2) is 5.58 Å². The van der Waals surface area contributed by atoms with Crippen molar-refractivity contribution in [1.29, 1.82) is 5.26 Å². The molecule has 27 heavy (non-hydrogen) atoms. The SMILES string of the molecule is CC1CC2CCC1N2C1CCC(Nc2ncc3oc(C#N)cc3c2Br)CC1. The molecular weight excluding hydrogens is 404 g/mol. The fraction of sp³-hybridized carbons (Fsp3) is 0.619. The van der Waals surface area contributed by atoms with Crippen molar-refractivity contribution >= 4 is 32.7 Å². The maximum atomic E-state index is 9.03. The molecule has 0 spiro atoms. The second kappa shape index (κ2) is 6.79. The van der Waals surface area contributed by atoms with Gasteiger partial charge in [-0.2, -0.15) is 5.26 Å². The Morgan fingerprint density at radius 1 is 1.22 bits per heavy atom. The lowest BCUT2D eigenvalue weighted by molar-refractivity contribution is 0.128. The first-order valence-electron chi connectivity index (χ1n) is 10.2. The van der Waals surface area contributed by atoms with E-state index in [9.17, 15) is 0 Å². The topological polar surface area (TPSA) is 65.1 Å². The Morgan fingerprint density at radius 3 is 2.67 bits per heavy atom. The Labute approximate surface area is 168 Å². The van der Waals surface area contributed by atoms with E-state index in [2.05, 4.69) is 44.1 Å². The zero-order chi connectivity index (χ0) is 18.5. The maximum Gasteiger partial charge on any atom is 0.204 e. The molecule has 5 nitrogen and oxygen atoms in total. The van der Waals surface area contributed by atoms with Gasteiger partial charge in [0.2, 0.25) is 5.76 Å². The van der Waals surface area contributed by atoms with Crippen LogP contribution < -0.4 is 5.32 Å². The van der Waals surface area contributed by atoms with Crippen LogP contribution in [-0.4, -0.2) is 34.1 Å². The summed E-state index contributed by atoms with van der Waals surface area (Å²) in [5.74, 6) is 2.06. The number of fused-ring (bicyclic) bond motifs is 3. The smallest absolute Gasteiger partial charge is 0.204 e. The number of pyridine rings is 1. The molecule has 3 fully saturated rings. The monoisotopic (exact) mass is 428 g/mol. The normalized spacial score (nSPS) is 33.4. The standard InChI is InChI=1S/C21H25BrN4O/c1-12-8-15-6-7-18(12)26(15)14-4-2-13(3-5-14)25-21-20(22)17-9-16(10-23)27-19(17)11-24-21/h9,11-15,18H,2-8H2,1H3,(H,24,25). The molecule has 0 radical (unpaired) electrons. The summed E-state index contributed by atoms with van der Waals surface area (Å²) in [4.78, 5) is 7.40. The number of hydrogen-bond donors (Lipinski definition) is 1. The van der Waals surface area contributed by atoms with Gasteiger partial charge >= 0.3 is 0 Å². The molecule has 2 aliphatic heterocycles. The van der Waals surface area contributed by atoms with E-state index in [0.717, 1.165) is 39.7 Å². The van der Waals surface area contributed by atoms with E-state index in [1.807, 2.05) is 0 Å². The van der Waals surface area contributed by atoms with Crippen molar-refractivity contribution in [2.75, 3.05) is 5.32 Å². The average Bonchev–Trinajstić information content (AvgIpc) is 3.37. The van der Waals surface area contributed by atoms with E-state index >= 15 is 0 Å². The lowest BCUT2D eigenvalue weighted by Gasteiger charge is -2.38. The number of nitrogens with one attached hydrogen (secondary N) is 1. The summed E-state index contributed by atoms with van der Waals surface area (Å²) in [5.41, 5.74) is 0.645. The van der Waals surface area contributed by atoms with Gasteiger partial charge < -0.3 is 9.73 Å². The summed E-state index contributed by atoms with van der Waals surface area (Å²) >= 11 is 3.64. The number of anilines is 1. The Hall–Kier alpha value is -1.58. The minimum atomic E-state index is 0.319. The first-order valence-corrected chi connectivity index (χ1v) is 11.0. The zero-order valence-electron chi connectivity index (χ0n) is 15.6. The van der Waals surface area contributed by atoms with Crippen LogP contribution >= 0.6 is 15.9 Å². The van der Waals surface area contributed by atoms with Crippen molar-refractivity contribution in [1.82, 2.24) is 9.88 Å². The molecule has 6 heteroatoms. The highest BCUT2D eigenvalue weighted by Gasteiger charge is 2.47. The third-order valence-electron chi connectivity index (χ3n) is 6.99. The molecule has 0 aromatic carbocycles. The summed E-state index contributed by atoms with van der Waals surface area (Å²) in [6, 6.07) is 6.76. The summed E-state index contributed by atoms with van der Waals surface area (Å²) in [6.45, 7) is 2.44. The van der Waals surface area contributed by atoms with Gasteiger partial charge in [-0.15, -0.1) is 0 Å². The fourth-order valence-corrected chi connectivity index (χ4v) is 6.28. The molecule has 1 aliphatic carbocycles. The molecule has 2 aromatic rings. The Bertz CT molecular complexity index is 895. The Morgan fingerprint density at radius 2 is 2.00 bits per heavy atom. The lowest BCUT2D eigenvalue weighted by Crippen LogP contribution is -2.43. The van der Waals surface area contributed by atoms with E-state index in [4.69, 9.17) is 9.68 Å². The maximum absolute atomic E-state index is 9.03. The van der Waals surface area contributed by atoms with Crippen LogP contribution in [0, 0.1) is 17.2 Å². The highest BCUT2D eigenvalue weighted by molar-refractivity contribution is 9.10. The number of rotatable bonds is 3. The largest absolute Gasteiger partial charge is 0.444 e. The van der Waals surface area contributed by atoms with E-state index in [0.29, 0.717) is 17.4 Å². The third kappa shape index (κ3) is 2.96. The van der Waals surface area contributed by atoms with Crippen LogP contribution in [0.1, 0.15) is 57.6 Å². The van der Waals surface area contributed by atoms with Gasteiger partial charge in [-0.1, -0.05) is 6.92 Å². The summed E-state index contributed by atoms with van der Waals surface area (Å²) in [6.07, 6.45) is 10.9. The van der Waals surface area contributed by atoms with Gasteiger partial charge in [0, 0.05) is 35.6 Å². The van der Waals surface area contributed by atoms with Crippen LogP contribution in [0.15, 0.2) is 21.2 Å². The van der Waals surface area contributed by atoms with Gasteiger partial charge in [0.05, 0.1) is 10.7 Å². The fourth-order valence-electron chi connectivity index (χ4n) is 5.75. The summed E-state index contributed by atoms with van der Waals surface area (Å²) in [5, 5.41) is 13.6. The van der Waals surface area contributed by atoms with Gasteiger partial charge in [-0.3, -0.25) is 4.90 Å². The molecule has 142 valence electrons. The van der Waals surface area contributed by atoms with Crippen LogP contribution in [0.3, 0.4) is 0 Å². The van der Waals surface area contributed by atoms with Crippen molar-refractivity contribution in [2.24, 2.45) is 5.92 Å². The van der Waals surface area contributed by atoms with E-state index in [1.54, 1.807) is 12.3 Å². The predicted molar refractivity (Wildman–Crippen MR) is 109 cm³/mol. The molecule has 4 heterocycles. The van der Waals surface area contributed by atoms with Crippen molar-refractivity contribution in [3.63, 3.8) is 0 Å². The Kier molecular flexibility index (Phi) is 4.40. The number of halogens is 1. The number of furan rings is 1. The molecule has 1 N–H and O–H groups in total. The summed E-state index contributed by atoms with van der Waals surface area (Å²) in [7, 11) is 0. The van der Waals surface area contributed by atoms with Crippen LogP contribution in [0.2, 0.25) is 0 Å². The molecule has 2 bridgehead atoms. The molecule has 2 aromatic heterocycles. The molecular formula is C21H25BrN4O. The molecule has 3 unspecified atom stereocenters. The Balaban J connectivity index is 1.25. The van der Waals surface area contributed by atoms with Crippen LogP contribution in [-0.2, 0) is 0 Å². The highest BCUT2D eigenvalue weighted by Crippen LogP contribution is 2.45. The van der Waals surface area contributed by atoms with Gasteiger partial charge in [-0.25, -0.2) is 4.98 Å². The minimum absolute atomic E-state index is 0.319.